The zero-order chi connectivity index (χ0) is 22.6. The van der Waals surface area contributed by atoms with Crippen LogP contribution in [0.25, 0.3) is 0 Å². The number of hydrogen-bond donors (Lipinski definition) is 0. The van der Waals surface area contributed by atoms with Crippen LogP contribution < -0.4 is 4.74 Å². The fraction of sp³-hybridized carbons (Fsp3) is 0.529. The highest BCUT2D eigenvalue weighted by atomic mass is 19.4. The lowest BCUT2D eigenvalue weighted by Crippen LogP contribution is -2.59. The average Bonchev–Trinajstić information content (AvgIpc) is 2.61. The first kappa shape index (κ1) is 24.6. The van der Waals surface area contributed by atoms with Crippen LogP contribution >= 0.6 is 0 Å². The normalized spacial score (nSPS) is 12.8. The molecule has 0 fully saturated rings. The third kappa shape index (κ3) is 5.57. The van der Waals surface area contributed by atoms with E-state index in [0.29, 0.717) is 5.56 Å². The third-order valence-corrected chi connectivity index (χ3v) is 3.88. The number of carbonyl (C=O) groups is 2. The van der Waals surface area contributed by atoms with E-state index < -0.39 is 55.6 Å². The van der Waals surface area contributed by atoms with Gasteiger partial charge in [0.25, 0.3) is 0 Å². The molecular weight excluding hydrogens is 420 g/mol. The molecular formula is C17H16F8O4. The van der Waals surface area contributed by atoms with Crippen molar-refractivity contribution < 1.29 is 54.2 Å². The summed E-state index contributed by atoms with van der Waals surface area (Å²) < 4.78 is 111. The van der Waals surface area contributed by atoms with Crippen molar-refractivity contribution in [2.24, 2.45) is 0 Å². The molecule has 1 rings (SSSR count). The topological polar surface area (TPSA) is 52.6 Å². The van der Waals surface area contributed by atoms with Gasteiger partial charge in [0.1, 0.15) is 5.75 Å². The first-order valence-corrected chi connectivity index (χ1v) is 7.97. The SMILES string of the molecule is Cc1cccc(OC(=O)CCC(=O)OCC(F)(F)C(F)(F)C(F)(F)C(F)F)c1C. The minimum absolute atomic E-state index is 0.170. The van der Waals surface area contributed by atoms with Gasteiger partial charge in [-0.15, -0.1) is 0 Å². The molecule has 0 aliphatic heterocycles. The Morgan fingerprint density at radius 2 is 1.52 bits per heavy atom. The molecule has 1 aromatic rings. The summed E-state index contributed by atoms with van der Waals surface area (Å²) in [6.07, 6.45) is -6.66. The zero-order valence-corrected chi connectivity index (χ0v) is 15.1. The van der Waals surface area contributed by atoms with Gasteiger partial charge in [0.05, 0.1) is 12.8 Å². The van der Waals surface area contributed by atoms with Gasteiger partial charge in [-0.3, -0.25) is 9.59 Å². The molecule has 0 spiro atoms. The molecule has 0 amide bonds. The molecule has 0 aliphatic rings. The molecule has 12 heteroatoms. The molecule has 4 nitrogen and oxygen atoms in total. The molecule has 0 radical (unpaired) electrons. The van der Waals surface area contributed by atoms with E-state index in [9.17, 15) is 44.7 Å². The van der Waals surface area contributed by atoms with Crippen molar-refractivity contribution >= 4 is 11.9 Å². The van der Waals surface area contributed by atoms with E-state index in [1.54, 1.807) is 26.0 Å². The van der Waals surface area contributed by atoms with Crippen LogP contribution in [0.5, 0.6) is 5.75 Å². The Balaban J connectivity index is 2.60. The van der Waals surface area contributed by atoms with E-state index in [2.05, 4.69) is 4.74 Å². The molecule has 0 aromatic heterocycles. The Labute approximate surface area is 159 Å². The van der Waals surface area contributed by atoms with Crippen molar-refractivity contribution in [1.29, 1.82) is 0 Å². The summed E-state index contributed by atoms with van der Waals surface area (Å²) in [6, 6.07) is 4.76. The van der Waals surface area contributed by atoms with Gasteiger partial charge in [-0.25, -0.2) is 8.78 Å². The monoisotopic (exact) mass is 436 g/mol. The Bertz CT molecular complexity index is 749. The molecule has 0 saturated carbocycles. The van der Waals surface area contributed by atoms with Crippen LogP contribution in [-0.2, 0) is 14.3 Å². The first-order chi connectivity index (χ1) is 13.1. The van der Waals surface area contributed by atoms with Crippen LogP contribution in [0.4, 0.5) is 35.1 Å². The summed E-state index contributed by atoms with van der Waals surface area (Å²) in [5.41, 5.74) is 1.41. The number of hydrogen-bond acceptors (Lipinski definition) is 4. The highest BCUT2D eigenvalue weighted by Crippen LogP contribution is 2.48. The summed E-state index contributed by atoms with van der Waals surface area (Å²) in [7, 11) is 0. The van der Waals surface area contributed by atoms with Gasteiger partial charge in [0, 0.05) is 0 Å². The predicted molar refractivity (Wildman–Crippen MR) is 82.6 cm³/mol. The van der Waals surface area contributed by atoms with Gasteiger partial charge in [0.15, 0.2) is 6.61 Å². The van der Waals surface area contributed by atoms with Crippen LogP contribution in [-0.4, -0.2) is 42.7 Å². The van der Waals surface area contributed by atoms with Crippen molar-refractivity contribution in [2.75, 3.05) is 6.61 Å². The van der Waals surface area contributed by atoms with Gasteiger partial charge in [0.2, 0.25) is 0 Å². The Morgan fingerprint density at radius 1 is 0.966 bits per heavy atom. The molecule has 0 aliphatic carbocycles. The van der Waals surface area contributed by atoms with Gasteiger partial charge < -0.3 is 9.47 Å². The second-order valence-corrected chi connectivity index (χ2v) is 6.04. The van der Waals surface area contributed by atoms with Gasteiger partial charge in [-0.2, -0.15) is 26.3 Å². The lowest BCUT2D eigenvalue weighted by molar-refractivity contribution is -0.344. The zero-order valence-electron chi connectivity index (χ0n) is 15.1. The average molecular weight is 436 g/mol. The molecule has 29 heavy (non-hydrogen) atoms. The maximum Gasteiger partial charge on any atom is 0.381 e. The lowest BCUT2D eigenvalue weighted by Gasteiger charge is -2.31. The van der Waals surface area contributed by atoms with Crippen LogP contribution in [0.1, 0.15) is 24.0 Å². The van der Waals surface area contributed by atoms with Gasteiger partial charge in [-0.05, 0) is 31.0 Å². The van der Waals surface area contributed by atoms with Crippen molar-refractivity contribution in [3.05, 3.63) is 29.3 Å². The smallest absolute Gasteiger partial charge is 0.381 e. The van der Waals surface area contributed by atoms with Crippen molar-refractivity contribution in [2.45, 2.75) is 50.9 Å². The minimum Gasteiger partial charge on any atom is -0.459 e. The number of benzene rings is 1. The number of halogens is 8. The molecule has 0 bridgehead atoms. The van der Waals surface area contributed by atoms with E-state index >= 15 is 0 Å². The largest absolute Gasteiger partial charge is 0.459 e. The quantitative estimate of drug-likeness (QED) is 0.320. The fourth-order valence-electron chi connectivity index (χ4n) is 1.93. The Hall–Kier alpha value is -2.40. The molecule has 0 N–H and O–H groups in total. The maximum atomic E-state index is 13.3. The first-order valence-electron chi connectivity index (χ1n) is 7.97. The fourth-order valence-corrected chi connectivity index (χ4v) is 1.93. The van der Waals surface area contributed by atoms with Crippen LogP contribution in [0.3, 0.4) is 0 Å². The predicted octanol–water partition coefficient (Wildman–Crippen LogP) is 4.70. The molecule has 0 saturated heterocycles. The highest BCUT2D eigenvalue weighted by Gasteiger charge is 2.75. The van der Waals surface area contributed by atoms with E-state index in [0.717, 1.165) is 5.56 Å². The highest BCUT2D eigenvalue weighted by molar-refractivity contribution is 5.79. The maximum absolute atomic E-state index is 13.3. The summed E-state index contributed by atoms with van der Waals surface area (Å²) in [6.45, 7) is 0.800. The Morgan fingerprint density at radius 3 is 2.07 bits per heavy atom. The Kier molecular flexibility index (Phi) is 7.61. The number of rotatable bonds is 9. The van der Waals surface area contributed by atoms with E-state index in [1.807, 2.05) is 0 Å². The number of alkyl halides is 8. The minimum atomic E-state index is -6.48. The van der Waals surface area contributed by atoms with Gasteiger partial charge in [-0.1, -0.05) is 12.1 Å². The number of carbonyl (C=O) groups excluding carboxylic acids is 2. The van der Waals surface area contributed by atoms with Crippen LogP contribution in [0.2, 0.25) is 0 Å². The lowest BCUT2D eigenvalue weighted by atomic mass is 10.1. The molecule has 0 heterocycles. The second-order valence-electron chi connectivity index (χ2n) is 6.04. The number of aryl methyl sites for hydroxylation is 1. The summed E-state index contributed by atoms with van der Waals surface area (Å²) >= 11 is 0. The van der Waals surface area contributed by atoms with Crippen molar-refractivity contribution in [3.8, 4) is 5.75 Å². The summed E-state index contributed by atoms with van der Waals surface area (Å²) in [5, 5.41) is 0. The number of esters is 2. The third-order valence-electron chi connectivity index (χ3n) is 3.88. The molecule has 0 unspecified atom stereocenters. The van der Waals surface area contributed by atoms with E-state index in [1.165, 1.54) is 6.07 Å². The van der Waals surface area contributed by atoms with Crippen molar-refractivity contribution in [3.63, 3.8) is 0 Å². The summed E-state index contributed by atoms with van der Waals surface area (Å²) in [4.78, 5) is 23.0. The standard InChI is InChI=1S/C17H16F8O4/c1-9-4-3-5-11(10(9)2)29-13(27)7-6-12(26)28-8-15(20,21)17(24,25)16(22,23)14(18)19/h3-5,14H,6-8H2,1-2H3. The summed E-state index contributed by atoms with van der Waals surface area (Å²) in [5.74, 6) is -21.0. The molecule has 0 atom stereocenters. The van der Waals surface area contributed by atoms with Crippen LogP contribution in [0.15, 0.2) is 18.2 Å². The molecule has 164 valence electrons. The van der Waals surface area contributed by atoms with E-state index in [-0.39, 0.29) is 5.75 Å². The van der Waals surface area contributed by atoms with Gasteiger partial charge >= 0.3 is 36.1 Å². The number of ether oxygens (including phenoxy) is 2. The van der Waals surface area contributed by atoms with E-state index in [4.69, 9.17) is 4.74 Å². The second kappa shape index (κ2) is 8.95. The molecule has 1 aromatic carbocycles. The van der Waals surface area contributed by atoms with Crippen LogP contribution in [0, 0.1) is 13.8 Å². The van der Waals surface area contributed by atoms with Crippen molar-refractivity contribution in [1.82, 2.24) is 0 Å².